The Labute approximate surface area is 190 Å². The number of carboxylic acids is 1. The Balaban J connectivity index is 1.52. The topological polar surface area (TPSA) is 134 Å². The average Bonchev–Trinajstić information content (AvgIpc) is 3.39. The molecular formula is C23H22N4O5S. The molecule has 0 fully saturated rings. The monoisotopic (exact) mass is 466 g/mol. The molecule has 10 heteroatoms. The second-order valence-corrected chi connectivity index (χ2v) is 9.69. The maximum Gasteiger partial charge on any atom is 0.319 e. The van der Waals surface area contributed by atoms with Gasteiger partial charge in [-0.15, -0.1) is 0 Å². The van der Waals surface area contributed by atoms with E-state index in [1.165, 1.54) is 16.8 Å². The third-order valence-corrected chi connectivity index (χ3v) is 6.99. The normalized spacial score (nSPS) is 12.5. The van der Waals surface area contributed by atoms with Crippen LogP contribution in [0, 0.1) is 0 Å². The first-order valence-electron chi connectivity index (χ1n) is 10.1. The first-order valence-corrected chi connectivity index (χ1v) is 11.8. The van der Waals surface area contributed by atoms with Crippen LogP contribution in [0.3, 0.4) is 0 Å². The third-order valence-electron chi connectivity index (χ3n) is 5.38. The van der Waals surface area contributed by atoms with E-state index in [2.05, 4.69) is 15.4 Å². The summed E-state index contributed by atoms with van der Waals surface area (Å²) in [6, 6.07) is 14.9. The predicted molar refractivity (Wildman–Crippen MR) is 123 cm³/mol. The molecular weight excluding hydrogens is 444 g/mol. The average molecular weight is 467 g/mol. The van der Waals surface area contributed by atoms with Gasteiger partial charge in [-0.2, -0.15) is 5.10 Å². The number of hydrogen-bond donors (Lipinski definition) is 3. The summed E-state index contributed by atoms with van der Waals surface area (Å²) >= 11 is 0. The lowest BCUT2D eigenvalue weighted by Crippen LogP contribution is -2.28. The lowest BCUT2D eigenvalue weighted by Gasteiger charge is -2.15. The van der Waals surface area contributed by atoms with Crippen LogP contribution in [0.4, 0.5) is 0 Å². The predicted octanol–water partition coefficient (Wildman–Crippen LogP) is 2.92. The van der Waals surface area contributed by atoms with Crippen molar-refractivity contribution in [2.24, 2.45) is 7.05 Å². The van der Waals surface area contributed by atoms with Gasteiger partial charge in [0.1, 0.15) is 5.69 Å². The van der Waals surface area contributed by atoms with Crippen molar-refractivity contribution in [1.82, 2.24) is 20.1 Å². The van der Waals surface area contributed by atoms with Gasteiger partial charge in [0.2, 0.25) is 0 Å². The van der Waals surface area contributed by atoms with Crippen molar-refractivity contribution in [2.45, 2.75) is 17.9 Å². The molecule has 0 spiro atoms. The van der Waals surface area contributed by atoms with Crippen LogP contribution in [0.5, 0.6) is 0 Å². The smallest absolute Gasteiger partial charge is 0.319 e. The molecule has 170 valence electrons. The van der Waals surface area contributed by atoms with Crippen molar-refractivity contribution in [3.05, 3.63) is 72.1 Å². The third kappa shape index (κ3) is 4.51. The number of carbonyl (C=O) groups is 2. The summed E-state index contributed by atoms with van der Waals surface area (Å²) in [6.45, 7) is 1.77. The summed E-state index contributed by atoms with van der Waals surface area (Å²) in [5, 5.41) is 17.2. The number of carboxylic acid groups (broad SMARTS) is 1. The van der Waals surface area contributed by atoms with Crippen LogP contribution in [-0.4, -0.2) is 45.9 Å². The van der Waals surface area contributed by atoms with E-state index >= 15 is 0 Å². The van der Waals surface area contributed by atoms with E-state index in [1.54, 1.807) is 32.2 Å². The van der Waals surface area contributed by atoms with Crippen molar-refractivity contribution in [2.75, 3.05) is 5.75 Å². The van der Waals surface area contributed by atoms with Crippen molar-refractivity contribution < 1.29 is 23.1 Å². The molecule has 0 saturated carbocycles. The summed E-state index contributed by atoms with van der Waals surface area (Å²) < 4.78 is 25.6. The Morgan fingerprint density at radius 2 is 1.88 bits per heavy atom. The van der Waals surface area contributed by atoms with E-state index in [4.69, 9.17) is 5.11 Å². The number of aliphatic carboxylic acids is 1. The summed E-state index contributed by atoms with van der Waals surface area (Å²) in [4.78, 5) is 26.8. The quantitative estimate of drug-likeness (QED) is 0.383. The molecule has 0 saturated heterocycles. The van der Waals surface area contributed by atoms with Crippen LogP contribution in [0.25, 0.3) is 22.2 Å². The lowest BCUT2D eigenvalue weighted by atomic mass is 10.1. The Morgan fingerprint density at radius 1 is 1.15 bits per heavy atom. The Hall–Kier alpha value is -3.92. The Kier molecular flexibility index (Phi) is 5.77. The maximum atomic E-state index is 12.9. The van der Waals surface area contributed by atoms with Gasteiger partial charge in [0.05, 0.1) is 22.1 Å². The van der Waals surface area contributed by atoms with E-state index in [0.717, 1.165) is 16.5 Å². The van der Waals surface area contributed by atoms with Crippen LogP contribution in [0.2, 0.25) is 0 Å². The molecule has 1 amide bonds. The van der Waals surface area contributed by atoms with E-state index in [0.29, 0.717) is 17.0 Å². The van der Waals surface area contributed by atoms with Crippen LogP contribution in [0.1, 0.15) is 29.0 Å². The number of hydrogen-bond acceptors (Lipinski definition) is 5. The van der Waals surface area contributed by atoms with Crippen LogP contribution in [-0.2, 0) is 21.7 Å². The zero-order valence-corrected chi connectivity index (χ0v) is 18.8. The van der Waals surface area contributed by atoms with Gasteiger partial charge in [0.25, 0.3) is 5.91 Å². The van der Waals surface area contributed by atoms with Gasteiger partial charge in [-0.3, -0.25) is 14.3 Å². The number of carbonyl (C=O) groups excluding carboxylic acids is 1. The number of sulfone groups is 1. The zero-order chi connectivity index (χ0) is 23.8. The van der Waals surface area contributed by atoms with Crippen LogP contribution < -0.4 is 5.32 Å². The molecule has 2 heterocycles. The molecule has 3 N–H and O–H groups in total. The number of nitrogens with zero attached hydrogens (tertiary/aromatic N) is 2. The van der Waals surface area contributed by atoms with Gasteiger partial charge in [0.15, 0.2) is 15.6 Å². The number of aromatic nitrogens is 3. The van der Waals surface area contributed by atoms with E-state index < -0.39 is 27.6 Å². The number of rotatable bonds is 7. The molecule has 0 unspecified atom stereocenters. The van der Waals surface area contributed by atoms with Gasteiger partial charge in [-0.05, 0) is 36.8 Å². The highest BCUT2D eigenvalue weighted by Crippen LogP contribution is 2.27. The molecule has 33 heavy (non-hydrogen) atoms. The van der Waals surface area contributed by atoms with Crippen LogP contribution in [0.15, 0.2) is 65.7 Å². The van der Waals surface area contributed by atoms with E-state index in [-0.39, 0.29) is 10.8 Å². The number of aromatic amines is 1. The molecule has 0 aliphatic carbocycles. The van der Waals surface area contributed by atoms with Crippen molar-refractivity contribution >= 4 is 32.6 Å². The van der Waals surface area contributed by atoms with Crippen molar-refractivity contribution in [3.8, 4) is 11.3 Å². The molecule has 0 aliphatic heterocycles. The summed E-state index contributed by atoms with van der Waals surface area (Å²) in [5.41, 5.74) is 3.54. The second-order valence-electron chi connectivity index (χ2n) is 7.70. The lowest BCUT2D eigenvalue weighted by molar-refractivity contribution is -0.134. The van der Waals surface area contributed by atoms with Gasteiger partial charge < -0.3 is 15.4 Å². The second kappa shape index (κ2) is 8.55. The van der Waals surface area contributed by atoms with Gasteiger partial charge in [-0.1, -0.05) is 30.3 Å². The molecule has 2 aromatic carbocycles. The van der Waals surface area contributed by atoms with Crippen LogP contribution >= 0.6 is 0 Å². The highest BCUT2D eigenvalue weighted by Gasteiger charge is 2.21. The van der Waals surface area contributed by atoms with Crippen molar-refractivity contribution in [1.29, 1.82) is 0 Å². The highest BCUT2D eigenvalue weighted by molar-refractivity contribution is 7.92. The Bertz CT molecular complexity index is 1450. The summed E-state index contributed by atoms with van der Waals surface area (Å²) in [7, 11) is -2.22. The number of nitrogens with one attached hydrogen (secondary N) is 2. The SMILES string of the molecule is C[C@@H](NC(=O)c1cc(-c2cccc3cc[nH]c23)nn1C)c1ccc(S(=O)(=O)CC(=O)O)cc1. The van der Waals surface area contributed by atoms with Gasteiger partial charge in [-0.25, -0.2) is 8.42 Å². The van der Waals surface area contributed by atoms with Gasteiger partial charge >= 0.3 is 5.97 Å². The fraction of sp³-hybridized carbons (Fsp3) is 0.174. The minimum atomic E-state index is -3.91. The minimum Gasteiger partial charge on any atom is -0.480 e. The molecule has 4 rings (SSSR count). The molecule has 0 bridgehead atoms. The minimum absolute atomic E-state index is 0.0815. The number of fused-ring (bicyclic) bond motifs is 1. The molecule has 2 aromatic heterocycles. The number of H-pyrrole nitrogens is 1. The standard InChI is InChI=1S/C23H22N4O5S/c1-14(15-6-8-17(9-7-15)33(31,32)13-21(28)29)25-23(30)20-12-19(26-27(20)2)18-5-3-4-16-10-11-24-22(16)18/h3-12,14,24H,13H2,1-2H3,(H,25,30)(H,28,29)/t14-/m1/s1. The summed E-state index contributed by atoms with van der Waals surface area (Å²) in [6.07, 6.45) is 1.85. The highest BCUT2D eigenvalue weighted by atomic mass is 32.2. The number of benzene rings is 2. The largest absolute Gasteiger partial charge is 0.480 e. The fourth-order valence-electron chi connectivity index (χ4n) is 3.67. The molecule has 4 aromatic rings. The first kappa shape index (κ1) is 22.3. The summed E-state index contributed by atoms with van der Waals surface area (Å²) in [5.74, 6) is -2.72. The van der Waals surface area contributed by atoms with Crippen molar-refractivity contribution in [3.63, 3.8) is 0 Å². The Morgan fingerprint density at radius 3 is 2.58 bits per heavy atom. The molecule has 0 aliphatic rings. The van der Waals surface area contributed by atoms with Gasteiger partial charge in [0, 0.05) is 24.2 Å². The van der Waals surface area contributed by atoms with E-state index in [1.807, 2.05) is 30.5 Å². The zero-order valence-electron chi connectivity index (χ0n) is 17.9. The first-order chi connectivity index (χ1) is 15.7. The molecule has 1 atom stereocenters. The number of amides is 1. The number of aryl methyl sites for hydroxylation is 1. The molecule has 9 nitrogen and oxygen atoms in total. The number of para-hydroxylation sites is 1. The fourth-order valence-corrected chi connectivity index (χ4v) is 4.72. The molecule has 0 radical (unpaired) electrons. The maximum absolute atomic E-state index is 12.9. The van der Waals surface area contributed by atoms with E-state index in [9.17, 15) is 18.0 Å².